The zero-order chi connectivity index (χ0) is 86.6. The largest absolute Gasteiger partial charge is 0.516 e. The fourth-order valence-corrected chi connectivity index (χ4v) is 8.31. The third-order valence-corrected chi connectivity index (χ3v) is 13.9. The van der Waals surface area contributed by atoms with E-state index in [9.17, 15) is 66.6 Å². The highest BCUT2D eigenvalue weighted by atomic mass is 127. The number of ether oxygens (including phenoxy) is 2. The van der Waals surface area contributed by atoms with Crippen molar-refractivity contribution in [2.75, 3.05) is 245 Å². The summed E-state index contributed by atoms with van der Waals surface area (Å²) in [6.45, 7) is 46.6. The first-order valence-electron chi connectivity index (χ1n) is 36.7. The zero-order valence-electron chi connectivity index (χ0n) is 69.6. The highest BCUT2D eigenvalue weighted by Crippen LogP contribution is 1.99. The minimum Gasteiger partial charge on any atom is -0.480 e. The first-order valence-corrected chi connectivity index (χ1v) is 37.9. The van der Waals surface area contributed by atoms with Crippen LogP contribution in [0.25, 0.3) is 0 Å². The molecule has 0 aromatic carbocycles. The number of nitrogens with zero attached hydrogens (tertiary/aromatic N) is 11. The molecule has 0 aliphatic heterocycles. The lowest BCUT2D eigenvalue weighted by molar-refractivity contribution is -0.144. The second kappa shape index (κ2) is 83.9. The Morgan fingerprint density at radius 2 is 0.514 bits per heavy atom. The molecule has 0 aliphatic carbocycles. The molecule has 0 fully saturated rings. The van der Waals surface area contributed by atoms with Gasteiger partial charge in [-0.05, 0) is 172 Å². The van der Waals surface area contributed by atoms with Crippen LogP contribution in [0.3, 0.4) is 0 Å². The maximum absolute atomic E-state index is 12.0. The molecule has 0 spiro atoms. The number of esters is 1. The van der Waals surface area contributed by atoms with Gasteiger partial charge in [0.2, 0.25) is 17.7 Å². The summed E-state index contributed by atoms with van der Waals surface area (Å²) in [6, 6.07) is 0. The van der Waals surface area contributed by atoms with Crippen molar-refractivity contribution in [2.45, 2.75) is 123 Å². The van der Waals surface area contributed by atoms with E-state index in [2.05, 4.69) is 133 Å². The molecule has 3 amide bonds. The van der Waals surface area contributed by atoms with Crippen LogP contribution in [0.1, 0.15) is 116 Å². The van der Waals surface area contributed by atoms with Crippen LogP contribution in [0.5, 0.6) is 0 Å². The number of nitrogens with one attached hydrogen (secondary N) is 3. The van der Waals surface area contributed by atoms with Gasteiger partial charge in [0.05, 0.1) is 85.1 Å². The van der Waals surface area contributed by atoms with E-state index in [0.29, 0.717) is 58.5 Å². The zero-order valence-corrected chi connectivity index (χ0v) is 71.7. The summed E-state index contributed by atoms with van der Waals surface area (Å²) in [4.78, 5) is 159. The number of carboxylic acid groups (broad SMARTS) is 8. The molecule has 40 heteroatoms. The third-order valence-electron chi connectivity index (χ3n) is 13.9. The highest BCUT2D eigenvalue weighted by molar-refractivity contribution is 14.1. The van der Waals surface area contributed by atoms with Gasteiger partial charge in [-0.25, -0.2) is 4.79 Å². The summed E-state index contributed by atoms with van der Waals surface area (Å²) in [7, 11) is 8.92. The molecule has 0 unspecified atom stereocenters. The van der Waals surface area contributed by atoms with E-state index in [0.717, 1.165) is 0 Å². The molecule has 0 saturated carbocycles. The molecule has 0 aromatic rings. The molecule has 0 heterocycles. The van der Waals surface area contributed by atoms with Gasteiger partial charge in [-0.2, -0.15) is 0 Å². The Kier molecular flexibility index (Phi) is 92.8. The van der Waals surface area contributed by atoms with Crippen LogP contribution in [-0.2, 0) is 67.0 Å². The van der Waals surface area contributed by atoms with Crippen LogP contribution >= 0.6 is 22.4 Å². The average molecular weight is 1690 g/mol. The predicted octanol–water partition coefficient (Wildman–Crippen LogP) is 2.27. The monoisotopic (exact) mass is 1690 g/mol. The number of halogens is 2. The van der Waals surface area contributed by atoms with E-state index in [4.69, 9.17) is 40.9 Å². The third kappa shape index (κ3) is 110. The van der Waals surface area contributed by atoms with E-state index < -0.39 is 64.7 Å². The Hall–Kier alpha value is -6.61. The van der Waals surface area contributed by atoms with Crippen molar-refractivity contribution in [3.05, 3.63) is 0 Å². The summed E-state index contributed by atoms with van der Waals surface area (Å²) >= 11 is 1.68. The summed E-state index contributed by atoms with van der Waals surface area (Å²) in [6.07, 6.45) is 0.833. The van der Waals surface area contributed by atoms with Gasteiger partial charge in [-0.1, -0.05) is 96.9 Å². The van der Waals surface area contributed by atoms with Gasteiger partial charge in [-0.15, -0.1) is 22.4 Å². The fraction of sp³-hybridized carbons (Fsp3) is 0.812. The van der Waals surface area contributed by atoms with Gasteiger partial charge in [-0.3, -0.25) is 86.9 Å². The van der Waals surface area contributed by atoms with Crippen molar-refractivity contribution in [1.29, 1.82) is 0 Å². The van der Waals surface area contributed by atoms with Crippen LogP contribution in [0.2, 0.25) is 6.82 Å². The molecule has 0 atom stereocenters. The number of aliphatic carboxylic acids is 8. The van der Waals surface area contributed by atoms with Gasteiger partial charge >= 0.3 is 64.7 Å². The normalized spacial score (nSPS) is 10.4. The van der Waals surface area contributed by atoms with Gasteiger partial charge in [0.25, 0.3) is 0 Å². The van der Waals surface area contributed by atoms with Crippen LogP contribution in [-0.4, -0.2) is 422 Å². The minimum atomic E-state index is -1.07. The Morgan fingerprint density at radius 1 is 0.339 bits per heavy atom. The smallest absolute Gasteiger partial charge is 0.480 e. The van der Waals surface area contributed by atoms with E-state index in [1.807, 2.05) is 13.8 Å². The van der Waals surface area contributed by atoms with Gasteiger partial charge in [0.1, 0.15) is 0 Å². The Balaban J connectivity index is -0.000000169. The lowest BCUT2D eigenvalue weighted by atomic mass is 10.2. The molecule has 0 aromatic heterocycles. The molecule has 37 nitrogen and oxygen atoms in total. The van der Waals surface area contributed by atoms with Crippen molar-refractivity contribution in [3.8, 4) is 0 Å². The van der Waals surface area contributed by atoms with Crippen LogP contribution in [0, 0.1) is 5.92 Å². The van der Waals surface area contributed by atoms with E-state index in [1.165, 1.54) is 136 Å². The van der Waals surface area contributed by atoms with Crippen molar-refractivity contribution >= 4 is 105 Å². The van der Waals surface area contributed by atoms with Crippen LogP contribution in [0.4, 0.5) is 9.11 Å². The molecule has 11 N–H and O–H groups in total. The van der Waals surface area contributed by atoms with Crippen LogP contribution in [0.15, 0.2) is 0 Å². The standard InChI is InChI=1S/C24H45N7O9.C10H17NO6.4C6H15N.2C5H9NO4.CH3BFI/c1-28(16-22(35)36)13-19(32)25-7-4-10-31(11-5-8-26-20(33)14-29(2)17-23(37)38)12-6-9-27-21(34)15-30(3)18-24(39)40;1-7(2)6-16-10(15)17-9(14)5-11(3)4-8(12)13;4*1-4-7(5-2)6-3;2*1-6(2-4(7)8)3-5(9)10;1-2(3)4/h4-18H2,1-3H3,(H,25,32)(H,26,33)(H,27,34)(H,35,36)(H,37,38)(H,39,40);7H,4-6H2,1-3H3,(H,12,13);4*4-6H2,1-3H3;2*2-3H2,1H3,(H,7,8)(H,9,10);1H3. The molecule has 0 bridgehead atoms. The number of carbonyl (C=O) groups is 13. The van der Waals surface area contributed by atoms with Gasteiger partial charge in [0.15, 0.2) is 0 Å². The van der Waals surface area contributed by atoms with Gasteiger partial charge in [0, 0.05) is 19.6 Å². The summed E-state index contributed by atoms with van der Waals surface area (Å²) in [5.74, 6) is -9.74. The highest BCUT2D eigenvalue weighted by Gasteiger charge is 2.18. The number of rotatable bonds is 50. The number of likely N-dealkylation sites (N-methyl/N-ethyl adjacent to an activating group) is 6. The number of hydrogen-bond donors (Lipinski definition) is 11. The molecule has 644 valence electrons. The quantitative estimate of drug-likeness (QED) is 0.0137. The summed E-state index contributed by atoms with van der Waals surface area (Å²) in [5.41, 5.74) is 0. The second-order valence-corrected chi connectivity index (χ2v) is 26.3. The molecule has 109 heavy (non-hydrogen) atoms. The number of carbonyl (C=O) groups excluding carboxylic acids is 5. The predicted molar refractivity (Wildman–Crippen MR) is 428 cm³/mol. The van der Waals surface area contributed by atoms with Gasteiger partial charge < -0.3 is 95.1 Å². The Bertz CT molecular complexity index is 2120. The minimum absolute atomic E-state index is 0.0291. The first-order chi connectivity index (χ1) is 50.7. The number of carboxylic acids is 8. The van der Waals surface area contributed by atoms with Crippen molar-refractivity contribution in [3.63, 3.8) is 0 Å². The lowest BCUT2D eigenvalue weighted by Gasteiger charge is -2.23. The molecule has 0 saturated heterocycles. The SMILES string of the molecule is CB(F)I.CC(C)COC(=O)OC(=O)CN(C)CC(=O)O.CCN(CC)CC.CCN(CC)CC.CCN(CC)CC.CCN(CC)CC.CN(CC(=O)O)CC(=O)NCCCN(CCCNC(=O)CN(C)CC(=O)O)CCCNC(=O)CN(C)CC(=O)O.CN(CC(=O)O)CC(=O)O.CN(CC(=O)O)CC(=O)O. The maximum Gasteiger partial charge on any atom is 0.516 e. The summed E-state index contributed by atoms with van der Waals surface area (Å²) in [5, 5.41) is 75.7. The first kappa shape index (κ1) is 121. The van der Waals surface area contributed by atoms with E-state index in [-0.39, 0.29) is 109 Å². The topological polar surface area (TPSA) is 474 Å². The number of hydrogen-bond acceptors (Lipinski definition) is 26. The Labute approximate surface area is 662 Å². The van der Waals surface area contributed by atoms with Crippen LogP contribution < -0.4 is 16.0 Å². The van der Waals surface area contributed by atoms with E-state index >= 15 is 0 Å². The van der Waals surface area contributed by atoms with Crippen molar-refractivity contribution in [1.82, 2.24) is 69.8 Å². The fourth-order valence-electron chi connectivity index (χ4n) is 8.31. The average Bonchev–Trinajstić information content (AvgIpc) is 0.977. The lowest BCUT2D eigenvalue weighted by Crippen LogP contribution is -2.40. The molecule has 0 rings (SSSR count). The molecular formula is C69H143BFIN14O23. The van der Waals surface area contributed by atoms with E-state index in [1.54, 1.807) is 43.5 Å². The van der Waals surface area contributed by atoms with Crippen molar-refractivity contribution in [2.24, 2.45) is 5.92 Å². The molecule has 0 radical (unpaired) electrons. The molecule has 0 aliphatic rings. The summed E-state index contributed by atoms with van der Waals surface area (Å²) < 4.78 is 19.9. The second-order valence-electron chi connectivity index (χ2n) is 24.6. The Morgan fingerprint density at radius 3 is 0.670 bits per heavy atom. The molecular weight excluding hydrogens is 1550 g/mol. The number of amides is 3. The maximum atomic E-state index is 12.0. The van der Waals surface area contributed by atoms with Crippen molar-refractivity contribution < 1.29 is 117 Å².